The normalized spacial score (nSPS) is 11.1. The maximum Gasteiger partial charge on any atom is 0.394 e. The molecule has 0 aliphatic carbocycles. The van der Waals surface area contributed by atoms with E-state index in [1.807, 2.05) is 26.8 Å². The Morgan fingerprint density at radius 1 is 0.917 bits per heavy atom. The third kappa shape index (κ3) is 8.57. The number of fused-ring (bicyclic) bond motifs is 2. The molecule has 0 fully saturated rings. The summed E-state index contributed by atoms with van der Waals surface area (Å²) < 4.78 is 44.5. The number of pyridine rings is 2. The summed E-state index contributed by atoms with van der Waals surface area (Å²) in [5, 5.41) is 21.0. The first-order valence-electron chi connectivity index (χ1n) is 13.2. The molecule has 0 aliphatic rings. The Morgan fingerprint density at radius 3 is 2.12 bits per heavy atom. The molecular weight excluding hydrogens is 652 g/mol. The van der Waals surface area contributed by atoms with Gasteiger partial charge in [-0.15, -0.1) is 10.2 Å². The number of primary amides is 1. The Labute approximate surface area is 270 Å². The number of anilines is 2. The highest BCUT2D eigenvalue weighted by Gasteiger charge is 2.24. The number of carbonyl (C=O) groups excluding carboxylic acids is 1. The van der Waals surface area contributed by atoms with Gasteiger partial charge in [-0.1, -0.05) is 0 Å². The summed E-state index contributed by atoms with van der Waals surface area (Å²) in [6.45, 7) is 5.99. The summed E-state index contributed by atoms with van der Waals surface area (Å²) in [7, 11) is -4.67. The lowest BCUT2D eigenvalue weighted by molar-refractivity contribution is 0.0999. The molecule has 6 aromatic heterocycles. The fraction of sp³-hybridized carbons (Fsp3) is 0.154. The molecule has 0 aromatic carbocycles. The molecule has 6 rings (SSSR count). The average Bonchev–Trinajstić information content (AvgIpc) is 3.60. The van der Waals surface area contributed by atoms with Crippen molar-refractivity contribution >= 4 is 50.0 Å². The highest BCUT2D eigenvalue weighted by atomic mass is 32.3. The van der Waals surface area contributed by atoms with Crippen molar-refractivity contribution in [3.8, 4) is 29.6 Å². The number of nitrogens with zero attached hydrogens (tertiary/aromatic N) is 10. The molecule has 0 saturated heterocycles. The van der Waals surface area contributed by atoms with Crippen molar-refractivity contribution in [1.82, 2.24) is 49.9 Å². The first-order valence-corrected chi connectivity index (χ1v) is 14.6. The van der Waals surface area contributed by atoms with Crippen LogP contribution in [-0.2, 0) is 15.9 Å². The van der Waals surface area contributed by atoms with E-state index in [0.717, 1.165) is 0 Å². The van der Waals surface area contributed by atoms with Crippen molar-refractivity contribution in [2.45, 2.75) is 26.3 Å². The van der Waals surface area contributed by atoms with Crippen molar-refractivity contribution in [3.05, 3.63) is 60.4 Å². The highest BCUT2D eigenvalue weighted by Crippen LogP contribution is 2.33. The van der Waals surface area contributed by atoms with E-state index in [2.05, 4.69) is 45.2 Å². The van der Waals surface area contributed by atoms with Crippen LogP contribution in [0.1, 0.15) is 36.7 Å². The lowest BCUT2D eigenvalue weighted by atomic mass is 10.1. The molecule has 6 aromatic rings. The zero-order valence-electron chi connectivity index (χ0n) is 25.2. The number of amides is 1. The molecule has 6 heterocycles. The Kier molecular flexibility index (Phi) is 9.88. The number of carbonyl (C=O) groups is 1. The van der Waals surface area contributed by atoms with Crippen LogP contribution >= 0.6 is 0 Å². The summed E-state index contributed by atoms with van der Waals surface area (Å²) in [6, 6.07) is 8.05. The molecule has 0 radical (unpaired) electrons. The summed E-state index contributed by atoms with van der Waals surface area (Å²) in [5.41, 5.74) is 18.3. The quantitative estimate of drug-likeness (QED) is 0.141. The molecule has 248 valence electrons. The van der Waals surface area contributed by atoms with E-state index in [1.165, 1.54) is 43.2 Å². The smallest absolute Gasteiger partial charge is 0.394 e. The first-order chi connectivity index (χ1) is 22.5. The van der Waals surface area contributed by atoms with Gasteiger partial charge in [-0.2, -0.15) is 13.7 Å². The summed E-state index contributed by atoms with van der Waals surface area (Å²) >= 11 is 0. The Morgan fingerprint density at radius 2 is 1.50 bits per heavy atom. The van der Waals surface area contributed by atoms with Crippen LogP contribution in [0.5, 0.6) is 23.5 Å². The number of aromatic amines is 1. The molecule has 21 nitrogen and oxygen atoms in total. The van der Waals surface area contributed by atoms with Gasteiger partial charge < -0.3 is 26.7 Å². The standard InChI is InChI=1S/C15H15N7O.C11H9N7O2.H2O4S/c1-15(2,3)22-13-11(12(17)19-8-20-13)14(21-22)23-10-6-9(7-16)4-5-18-10;12-8-7-10(16-4-15-8)17-18-11(7)20-6-3-5(9(13)19)1-2-14-6;1-5(2,3)4/h4-6,8H,1-3H3,(H2,17,19,20);1-4H,(H2,13,19)(H3,12,15,16,17,18);(H2,1,2,3,4). The maximum atomic E-state index is 11.1. The minimum absolute atomic E-state index is 0.165. The van der Waals surface area contributed by atoms with E-state index in [9.17, 15) is 4.79 Å². The van der Waals surface area contributed by atoms with Gasteiger partial charge in [-0.05, 0) is 32.9 Å². The van der Waals surface area contributed by atoms with Crippen LogP contribution in [-0.4, -0.2) is 73.3 Å². The van der Waals surface area contributed by atoms with E-state index >= 15 is 0 Å². The predicted octanol–water partition coefficient (Wildman–Crippen LogP) is 1.79. The van der Waals surface area contributed by atoms with E-state index in [1.54, 1.807) is 10.7 Å². The number of ether oxygens (including phenoxy) is 2. The number of rotatable bonds is 5. The second-order valence-electron chi connectivity index (χ2n) is 10.3. The van der Waals surface area contributed by atoms with Crippen molar-refractivity contribution in [2.24, 2.45) is 5.73 Å². The van der Waals surface area contributed by atoms with E-state index < -0.39 is 16.3 Å². The maximum absolute atomic E-state index is 11.1. The second kappa shape index (κ2) is 13.8. The molecular formula is C26H26N14O7S. The first kappa shape index (κ1) is 34.3. The van der Waals surface area contributed by atoms with E-state index in [4.69, 9.17) is 49.5 Å². The van der Waals surface area contributed by atoms with Crippen molar-refractivity contribution in [3.63, 3.8) is 0 Å². The summed E-state index contributed by atoms with van der Waals surface area (Å²) in [5.74, 6) is 0.780. The second-order valence-corrected chi connectivity index (χ2v) is 11.1. The van der Waals surface area contributed by atoms with Gasteiger partial charge in [0.15, 0.2) is 11.3 Å². The molecule has 0 bridgehead atoms. The highest BCUT2D eigenvalue weighted by molar-refractivity contribution is 7.79. The molecule has 48 heavy (non-hydrogen) atoms. The van der Waals surface area contributed by atoms with Gasteiger partial charge in [0.2, 0.25) is 17.7 Å². The van der Waals surface area contributed by atoms with Gasteiger partial charge >= 0.3 is 10.4 Å². The molecule has 0 unspecified atom stereocenters. The molecule has 1 amide bonds. The average molecular weight is 679 g/mol. The largest absolute Gasteiger partial charge is 0.418 e. The van der Waals surface area contributed by atoms with E-state index in [0.29, 0.717) is 27.6 Å². The van der Waals surface area contributed by atoms with Crippen molar-refractivity contribution < 1.29 is 31.8 Å². The van der Waals surface area contributed by atoms with Gasteiger partial charge in [-0.3, -0.25) is 19.0 Å². The van der Waals surface area contributed by atoms with Crippen LogP contribution < -0.4 is 26.7 Å². The molecule has 9 N–H and O–H groups in total. The lowest BCUT2D eigenvalue weighted by Crippen LogP contribution is -2.23. The number of nitrogens with one attached hydrogen (secondary N) is 1. The molecule has 0 atom stereocenters. The minimum Gasteiger partial charge on any atom is -0.418 e. The topological polar surface area (TPSA) is 336 Å². The monoisotopic (exact) mass is 678 g/mol. The molecule has 0 aliphatic heterocycles. The van der Waals surface area contributed by atoms with E-state index in [-0.39, 0.29) is 46.3 Å². The summed E-state index contributed by atoms with van der Waals surface area (Å²) in [6.07, 6.45) is 5.60. The van der Waals surface area contributed by atoms with Crippen molar-refractivity contribution in [2.75, 3.05) is 11.5 Å². The number of H-pyrrole nitrogens is 1. The number of aromatic nitrogens is 10. The molecule has 22 heteroatoms. The van der Waals surface area contributed by atoms with Crippen LogP contribution in [0, 0.1) is 11.3 Å². The van der Waals surface area contributed by atoms with Crippen molar-refractivity contribution in [1.29, 1.82) is 5.26 Å². The Bertz CT molecular complexity index is 2250. The fourth-order valence-electron chi connectivity index (χ4n) is 3.76. The van der Waals surface area contributed by atoms with Gasteiger partial charge in [0, 0.05) is 30.1 Å². The Hall–Kier alpha value is -6.57. The number of hydrogen-bond acceptors (Lipinski definition) is 16. The number of nitrogen functional groups attached to an aromatic ring is 2. The molecule has 0 saturated carbocycles. The SMILES string of the molecule is CC(C)(C)n1nc(Oc2cc(C#N)ccn2)c2c(N)ncnc21.NC(=O)c1ccnc(Oc2n[nH]c3ncnc(N)c23)c1.O=S(=O)(O)O. The third-order valence-corrected chi connectivity index (χ3v) is 5.74. The van der Waals surface area contributed by atoms with Gasteiger partial charge in [0.05, 0.1) is 17.2 Å². The lowest BCUT2D eigenvalue weighted by Gasteiger charge is -2.19. The minimum atomic E-state index is -4.67. The summed E-state index contributed by atoms with van der Waals surface area (Å²) in [4.78, 5) is 35.2. The Balaban J connectivity index is 0.000000192. The predicted molar refractivity (Wildman–Crippen MR) is 167 cm³/mol. The van der Waals surface area contributed by atoms with Gasteiger partial charge in [0.1, 0.15) is 35.1 Å². The number of nitrogens with two attached hydrogens (primary N) is 3. The van der Waals surface area contributed by atoms with Gasteiger partial charge in [0.25, 0.3) is 11.8 Å². The van der Waals surface area contributed by atoms with Gasteiger partial charge in [-0.25, -0.2) is 34.6 Å². The fourth-order valence-corrected chi connectivity index (χ4v) is 3.76. The van der Waals surface area contributed by atoms with Crippen LogP contribution in [0.2, 0.25) is 0 Å². The third-order valence-electron chi connectivity index (χ3n) is 5.74. The van der Waals surface area contributed by atoms with Crippen LogP contribution in [0.25, 0.3) is 22.1 Å². The van der Waals surface area contributed by atoms with Crippen LogP contribution in [0.3, 0.4) is 0 Å². The zero-order chi connectivity index (χ0) is 35.2. The number of hydrogen-bond donors (Lipinski definition) is 6. The molecule has 0 spiro atoms. The van der Waals surface area contributed by atoms with Crippen LogP contribution in [0.4, 0.5) is 11.6 Å². The number of nitriles is 1. The zero-order valence-corrected chi connectivity index (χ0v) is 26.0. The van der Waals surface area contributed by atoms with Crippen LogP contribution in [0.15, 0.2) is 49.3 Å².